The van der Waals surface area contributed by atoms with Gasteiger partial charge in [-0.2, -0.15) is 0 Å². The lowest BCUT2D eigenvalue weighted by atomic mass is 9.86. The van der Waals surface area contributed by atoms with E-state index in [1.54, 1.807) is 6.07 Å². The Kier molecular flexibility index (Phi) is 4.46. The third-order valence-corrected chi connectivity index (χ3v) is 5.79. The molecule has 0 bridgehead atoms. The van der Waals surface area contributed by atoms with Crippen LogP contribution >= 0.6 is 15.9 Å². The molecule has 1 aromatic rings. The van der Waals surface area contributed by atoms with Gasteiger partial charge in [-0.1, -0.05) is 28.8 Å². The van der Waals surface area contributed by atoms with Crippen molar-refractivity contribution in [2.75, 3.05) is 13.1 Å². The van der Waals surface area contributed by atoms with Gasteiger partial charge in [-0.15, -0.1) is 0 Å². The Morgan fingerprint density at radius 3 is 2.52 bits per heavy atom. The molecule has 1 heterocycles. The van der Waals surface area contributed by atoms with Crippen LogP contribution in [0.25, 0.3) is 0 Å². The van der Waals surface area contributed by atoms with E-state index in [9.17, 15) is 9.18 Å². The fourth-order valence-electron chi connectivity index (χ4n) is 3.89. The van der Waals surface area contributed by atoms with Crippen LogP contribution in [0.2, 0.25) is 0 Å². The Morgan fingerprint density at radius 2 is 1.86 bits per heavy atom. The summed E-state index contributed by atoms with van der Waals surface area (Å²) in [5.74, 6) is -0.00385. The highest BCUT2D eigenvalue weighted by Gasteiger charge is 2.46. The van der Waals surface area contributed by atoms with E-state index in [1.807, 2.05) is 0 Å². The van der Waals surface area contributed by atoms with Gasteiger partial charge in [0.2, 0.25) is 0 Å². The Morgan fingerprint density at radius 1 is 1.19 bits per heavy atom. The Hall–Kier alpha value is -0.740. The van der Waals surface area contributed by atoms with Gasteiger partial charge in [0.15, 0.2) is 5.78 Å². The van der Waals surface area contributed by atoms with E-state index in [-0.39, 0.29) is 17.1 Å². The van der Waals surface area contributed by atoms with Crippen molar-refractivity contribution >= 4 is 21.7 Å². The quantitative estimate of drug-likeness (QED) is 0.811. The minimum Gasteiger partial charge on any atom is -0.297 e. The summed E-state index contributed by atoms with van der Waals surface area (Å²) >= 11 is 3.44. The summed E-state index contributed by atoms with van der Waals surface area (Å²) < 4.78 is 14.3. The number of hydrogen-bond donors (Lipinski definition) is 0. The number of rotatable bonds is 4. The lowest BCUT2D eigenvalue weighted by Gasteiger charge is -2.37. The monoisotopic (exact) mass is 353 g/mol. The predicted molar refractivity (Wildman–Crippen MR) is 84.8 cm³/mol. The van der Waals surface area contributed by atoms with Crippen LogP contribution in [0.3, 0.4) is 0 Å². The van der Waals surface area contributed by atoms with Gasteiger partial charge in [-0.3, -0.25) is 9.69 Å². The first-order chi connectivity index (χ1) is 10.1. The molecule has 2 fully saturated rings. The van der Waals surface area contributed by atoms with Crippen LogP contribution in [0.1, 0.15) is 44.1 Å². The number of carbonyl (C=O) groups excluding carboxylic acids is 1. The van der Waals surface area contributed by atoms with Crippen molar-refractivity contribution in [1.29, 1.82) is 0 Å². The molecule has 4 heteroatoms. The van der Waals surface area contributed by atoms with Gasteiger partial charge < -0.3 is 0 Å². The zero-order valence-corrected chi connectivity index (χ0v) is 13.8. The van der Waals surface area contributed by atoms with Crippen molar-refractivity contribution in [1.82, 2.24) is 4.90 Å². The van der Waals surface area contributed by atoms with Crippen LogP contribution in [-0.2, 0) is 11.2 Å². The SMILES string of the molecule is O=C(Cc1cc(F)ccc1Br)C1(N2CCCC2)CCCC1. The fourth-order valence-corrected chi connectivity index (χ4v) is 4.28. The first kappa shape index (κ1) is 15.2. The average Bonchev–Trinajstić information content (AvgIpc) is 3.13. The smallest absolute Gasteiger partial charge is 0.157 e. The van der Waals surface area contributed by atoms with Gasteiger partial charge in [0.1, 0.15) is 5.82 Å². The second kappa shape index (κ2) is 6.17. The number of hydrogen-bond acceptors (Lipinski definition) is 2. The van der Waals surface area contributed by atoms with Gasteiger partial charge in [0, 0.05) is 10.9 Å². The molecule has 0 aromatic heterocycles. The van der Waals surface area contributed by atoms with Crippen molar-refractivity contribution in [2.24, 2.45) is 0 Å². The van der Waals surface area contributed by atoms with Crippen molar-refractivity contribution in [3.63, 3.8) is 0 Å². The molecule has 0 atom stereocenters. The lowest BCUT2D eigenvalue weighted by Crippen LogP contribution is -2.52. The lowest BCUT2D eigenvalue weighted by molar-refractivity contribution is -0.129. The maximum Gasteiger partial charge on any atom is 0.157 e. The topological polar surface area (TPSA) is 20.3 Å². The summed E-state index contributed by atoms with van der Waals surface area (Å²) in [6.07, 6.45) is 6.92. The van der Waals surface area contributed by atoms with E-state index in [0.717, 1.165) is 48.8 Å². The van der Waals surface area contributed by atoms with Gasteiger partial charge >= 0.3 is 0 Å². The second-order valence-electron chi connectivity index (χ2n) is 6.27. The normalized spacial score (nSPS) is 21.8. The van der Waals surface area contributed by atoms with Gasteiger partial charge in [-0.25, -0.2) is 4.39 Å². The van der Waals surface area contributed by atoms with Gasteiger partial charge in [0.05, 0.1) is 5.54 Å². The largest absolute Gasteiger partial charge is 0.297 e. The van der Waals surface area contributed by atoms with Crippen molar-refractivity contribution in [2.45, 2.75) is 50.5 Å². The molecule has 1 aliphatic carbocycles. The first-order valence-electron chi connectivity index (χ1n) is 7.84. The molecule has 1 saturated heterocycles. The van der Waals surface area contributed by atoms with Crippen molar-refractivity contribution in [3.05, 3.63) is 34.1 Å². The number of ketones is 1. The number of nitrogens with zero attached hydrogens (tertiary/aromatic N) is 1. The van der Waals surface area contributed by atoms with Gasteiger partial charge in [0.25, 0.3) is 0 Å². The molecule has 0 spiro atoms. The van der Waals surface area contributed by atoms with Crippen LogP contribution in [-0.4, -0.2) is 29.3 Å². The third kappa shape index (κ3) is 2.93. The molecule has 1 aliphatic heterocycles. The summed E-state index contributed by atoms with van der Waals surface area (Å²) in [5.41, 5.74) is 0.493. The number of benzene rings is 1. The molecule has 2 aliphatic rings. The first-order valence-corrected chi connectivity index (χ1v) is 8.63. The Labute approximate surface area is 133 Å². The molecule has 0 unspecified atom stereocenters. The second-order valence-corrected chi connectivity index (χ2v) is 7.12. The van der Waals surface area contributed by atoms with Crippen LogP contribution in [0.5, 0.6) is 0 Å². The maximum atomic E-state index is 13.4. The third-order valence-electron chi connectivity index (χ3n) is 5.02. The molecule has 0 N–H and O–H groups in total. The zero-order chi connectivity index (χ0) is 14.9. The summed E-state index contributed by atoms with van der Waals surface area (Å²) in [4.78, 5) is 15.4. The number of Topliss-reactive ketones (excluding diaryl/α,β-unsaturated/α-hetero) is 1. The van der Waals surface area contributed by atoms with E-state index in [1.165, 1.54) is 25.0 Å². The summed E-state index contributed by atoms with van der Waals surface area (Å²) in [6.45, 7) is 2.08. The van der Waals surface area contributed by atoms with Crippen LogP contribution < -0.4 is 0 Å². The standard InChI is InChI=1S/C17H21BrFNO/c18-15-6-5-14(19)11-13(15)12-16(21)17(7-1-2-8-17)20-9-3-4-10-20/h5-6,11H,1-4,7-10,12H2. The molecule has 1 saturated carbocycles. The predicted octanol–water partition coefficient (Wildman–Crippen LogP) is 4.11. The fraction of sp³-hybridized carbons (Fsp3) is 0.588. The summed E-state index contributed by atoms with van der Waals surface area (Å²) in [5, 5.41) is 0. The molecule has 0 amide bonds. The Balaban J connectivity index is 1.83. The van der Waals surface area contributed by atoms with E-state index in [2.05, 4.69) is 20.8 Å². The number of likely N-dealkylation sites (tertiary alicyclic amines) is 1. The molecular formula is C17H21BrFNO. The highest BCUT2D eigenvalue weighted by Crippen LogP contribution is 2.39. The number of carbonyl (C=O) groups is 1. The van der Waals surface area contributed by atoms with Gasteiger partial charge in [-0.05, 0) is 62.5 Å². The highest BCUT2D eigenvalue weighted by molar-refractivity contribution is 9.10. The number of halogens is 2. The highest BCUT2D eigenvalue weighted by atomic mass is 79.9. The summed E-state index contributed by atoms with van der Waals surface area (Å²) in [7, 11) is 0. The molecular weight excluding hydrogens is 333 g/mol. The van der Waals surface area contributed by atoms with E-state index < -0.39 is 0 Å². The molecule has 21 heavy (non-hydrogen) atoms. The van der Waals surface area contributed by atoms with Crippen LogP contribution in [0.4, 0.5) is 4.39 Å². The molecule has 2 nitrogen and oxygen atoms in total. The van der Waals surface area contributed by atoms with E-state index >= 15 is 0 Å². The average molecular weight is 354 g/mol. The molecule has 1 aromatic carbocycles. The Bertz CT molecular complexity index is 534. The van der Waals surface area contributed by atoms with E-state index in [0.29, 0.717) is 6.42 Å². The van der Waals surface area contributed by atoms with Crippen LogP contribution in [0, 0.1) is 5.82 Å². The molecule has 3 rings (SSSR count). The van der Waals surface area contributed by atoms with Crippen LogP contribution in [0.15, 0.2) is 22.7 Å². The van der Waals surface area contributed by atoms with E-state index in [4.69, 9.17) is 0 Å². The van der Waals surface area contributed by atoms with Crippen molar-refractivity contribution in [3.8, 4) is 0 Å². The summed E-state index contributed by atoms with van der Waals surface area (Å²) in [6, 6.07) is 4.59. The molecule has 114 valence electrons. The zero-order valence-electron chi connectivity index (χ0n) is 12.2. The molecule has 0 radical (unpaired) electrons. The minimum atomic E-state index is -0.276. The van der Waals surface area contributed by atoms with Crippen molar-refractivity contribution < 1.29 is 9.18 Å². The minimum absolute atomic E-state index is 0.271. The maximum absolute atomic E-state index is 13.4.